The minimum absolute atomic E-state index is 0.328. The van der Waals surface area contributed by atoms with Crippen LogP contribution in [0.15, 0.2) is 30.6 Å². The van der Waals surface area contributed by atoms with E-state index in [2.05, 4.69) is 31.8 Å². The Bertz CT molecular complexity index is 1030. The zero-order valence-electron chi connectivity index (χ0n) is 18.3. The number of H-pyrrole nitrogens is 1. The van der Waals surface area contributed by atoms with E-state index in [1.54, 1.807) is 6.07 Å². The molecule has 3 aromatic rings. The normalized spacial score (nSPS) is 14.2. The number of rotatable bonds is 10. The average Bonchev–Trinajstić information content (AvgIpc) is 3.36. The second kappa shape index (κ2) is 10.7. The Hall–Kier alpha value is -2.09. The van der Waals surface area contributed by atoms with Gasteiger partial charge in [-0.1, -0.05) is 37.4 Å². The molecule has 1 N–H and O–H groups in total. The number of unbranched alkanes of at least 4 members (excludes halogenated alkanes) is 2. The monoisotopic (exact) mass is 478 g/mol. The summed E-state index contributed by atoms with van der Waals surface area (Å²) in [6.45, 7) is 6.44. The number of benzene rings is 1. The number of aryl methyl sites for hydroxylation is 1. The quantitative estimate of drug-likeness (QED) is 0.390. The van der Waals surface area contributed by atoms with Gasteiger partial charge in [0.15, 0.2) is 5.82 Å². The van der Waals surface area contributed by atoms with Crippen molar-refractivity contribution in [2.24, 2.45) is 0 Å². The number of fused-ring (bicyclic) bond motifs is 1. The minimum atomic E-state index is -0.328. The lowest BCUT2D eigenvalue weighted by molar-refractivity contribution is 0.244. The summed E-state index contributed by atoms with van der Waals surface area (Å²) < 4.78 is 15.1. The number of hydrogen-bond donors (Lipinski definition) is 1. The van der Waals surface area contributed by atoms with Crippen molar-refractivity contribution in [3.63, 3.8) is 0 Å². The van der Waals surface area contributed by atoms with Crippen LogP contribution in [0.4, 0.5) is 10.2 Å². The van der Waals surface area contributed by atoms with E-state index in [4.69, 9.17) is 23.2 Å². The molecule has 1 aliphatic heterocycles. The molecule has 2 aromatic heterocycles. The number of halogens is 3. The molecule has 0 bridgehead atoms. The molecule has 1 aromatic carbocycles. The van der Waals surface area contributed by atoms with Crippen molar-refractivity contribution in [2.75, 3.05) is 24.7 Å². The number of hydrogen-bond acceptors (Lipinski definition) is 4. The van der Waals surface area contributed by atoms with E-state index in [-0.39, 0.29) is 5.82 Å². The average molecular weight is 479 g/mol. The van der Waals surface area contributed by atoms with Gasteiger partial charge in [0, 0.05) is 30.9 Å². The molecule has 1 aliphatic rings. The maximum atomic E-state index is 13.2. The predicted octanol–water partition coefficient (Wildman–Crippen LogP) is 5.50. The second-order valence-corrected chi connectivity index (χ2v) is 9.14. The zero-order chi connectivity index (χ0) is 22.5. The van der Waals surface area contributed by atoms with Crippen LogP contribution < -0.4 is 4.90 Å². The number of imidazole rings is 1. The topological polar surface area (TPSA) is 53.0 Å². The Morgan fingerprint density at radius 3 is 2.84 bits per heavy atom. The van der Waals surface area contributed by atoms with Crippen molar-refractivity contribution in [1.82, 2.24) is 24.6 Å². The molecule has 0 unspecified atom stereocenters. The van der Waals surface area contributed by atoms with E-state index in [0.717, 1.165) is 62.6 Å². The Balaban J connectivity index is 1.29. The van der Waals surface area contributed by atoms with Crippen LogP contribution in [0.2, 0.25) is 10.3 Å². The standard InChI is InChI=1S/C23H29Cl2FN6/c1-2-3-4-10-31-16-30(15-21-22(31)29-23(25)28-21)9-5-6-17-12-27-32(13-17)14-18-7-8-19(26)11-20(18)24/h7-8,11-13H,2-6,9-10,14-16H2,1H3,(H,28,29). The number of aromatic amines is 1. The summed E-state index contributed by atoms with van der Waals surface area (Å²) in [5, 5.41) is 5.33. The Morgan fingerprint density at radius 2 is 2.03 bits per heavy atom. The summed E-state index contributed by atoms with van der Waals surface area (Å²) in [5.74, 6) is 0.675. The molecule has 3 heterocycles. The molecule has 0 amide bonds. The summed E-state index contributed by atoms with van der Waals surface area (Å²) in [6, 6.07) is 4.47. The smallest absolute Gasteiger partial charge is 0.202 e. The Kier molecular flexibility index (Phi) is 7.71. The molecule has 0 spiro atoms. The Morgan fingerprint density at radius 1 is 1.16 bits per heavy atom. The lowest BCUT2D eigenvalue weighted by Gasteiger charge is -2.35. The van der Waals surface area contributed by atoms with Crippen LogP contribution in [0.1, 0.15) is 49.4 Å². The fourth-order valence-corrected chi connectivity index (χ4v) is 4.58. The van der Waals surface area contributed by atoms with Gasteiger partial charge in [0.2, 0.25) is 5.28 Å². The van der Waals surface area contributed by atoms with Crippen molar-refractivity contribution >= 4 is 29.0 Å². The van der Waals surface area contributed by atoms with Gasteiger partial charge in [-0.15, -0.1) is 0 Å². The molecule has 6 nitrogen and oxygen atoms in total. The van der Waals surface area contributed by atoms with Gasteiger partial charge in [0.05, 0.1) is 25.1 Å². The molecule has 0 saturated heterocycles. The highest BCUT2D eigenvalue weighted by Gasteiger charge is 2.25. The molecule has 0 aliphatic carbocycles. The number of anilines is 1. The first kappa shape index (κ1) is 23.1. The summed E-state index contributed by atoms with van der Waals surface area (Å²) in [7, 11) is 0. The van der Waals surface area contributed by atoms with Gasteiger partial charge in [-0.05, 0) is 54.1 Å². The van der Waals surface area contributed by atoms with Gasteiger partial charge < -0.3 is 9.88 Å². The Labute approximate surface area is 198 Å². The summed E-state index contributed by atoms with van der Waals surface area (Å²) in [4.78, 5) is 12.5. The molecule has 0 fully saturated rings. The number of nitrogens with one attached hydrogen (secondary N) is 1. The van der Waals surface area contributed by atoms with Gasteiger partial charge >= 0.3 is 0 Å². The first-order valence-electron chi connectivity index (χ1n) is 11.2. The molecule has 0 saturated carbocycles. The lowest BCUT2D eigenvalue weighted by atomic mass is 10.2. The third-order valence-electron chi connectivity index (χ3n) is 5.79. The highest BCUT2D eigenvalue weighted by Crippen LogP contribution is 2.27. The van der Waals surface area contributed by atoms with Crippen LogP contribution in [0, 0.1) is 5.82 Å². The fraction of sp³-hybridized carbons (Fsp3) is 0.478. The second-order valence-electron chi connectivity index (χ2n) is 8.38. The van der Waals surface area contributed by atoms with E-state index in [1.165, 1.54) is 30.5 Å². The van der Waals surface area contributed by atoms with E-state index in [1.807, 2.05) is 17.1 Å². The van der Waals surface area contributed by atoms with E-state index in [0.29, 0.717) is 16.9 Å². The van der Waals surface area contributed by atoms with Crippen LogP contribution in [0.5, 0.6) is 0 Å². The summed E-state index contributed by atoms with van der Waals surface area (Å²) in [6.07, 6.45) is 9.50. The van der Waals surface area contributed by atoms with Crippen molar-refractivity contribution in [3.8, 4) is 0 Å². The van der Waals surface area contributed by atoms with Crippen LogP contribution in [-0.2, 0) is 19.5 Å². The SMILES string of the molecule is CCCCCN1CN(CCCc2cnn(Cc3ccc(F)cc3Cl)c2)Cc2[nH]c(Cl)nc21. The van der Waals surface area contributed by atoms with Gasteiger partial charge in [0.25, 0.3) is 0 Å². The van der Waals surface area contributed by atoms with Crippen molar-refractivity contribution < 1.29 is 4.39 Å². The molecular weight excluding hydrogens is 450 g/mol. The van der Waals surface area contributed by atoms with Crippen LogP contribution in [0.3, 0.4) is 0 Å². The molecule has 9 heteroatoms. The zero-order valence-corrected chi connectivity index (χ0v) is 19.8. The number of nitrogens with zero attached hydrogens (tertiary/aromatic N) is 5. The fourth-order valence-electron chi connectivity index (χ4n) is 4.15. The summed E-state index contributed by atoms with van der Waals surface area (Å²) >= 11 is 12.3. The molecule has 0 atom stereocenters. The highest BCUT2D eigenvalue weighted by molar-refractivity contribution is 6.31. The minimum Gasteiger partial charge on any atom is -0.342 e. The molecule has 4 rings (SSSR count). The molecule has 172 valence electrons. The van der Waals surface area contributed by atoms with E-state index in [9.17, 15) is 4.39 Å². The lowest BCUT2D eigenvalue weighted by Crippen LogP contribution is -2.43. The van der Waals surface area contributed by atoms with E-state index < -0.39 is 0 Å². The first-order chi connectivity index (χ1) is 15.5. The summed E-state index contributed by atoms with van der Waals surface area (Å²) in [5.41, 5.74) is 3.14. The van der Waals surface area contributed by atoms with Crippen LogP contribution in [0.25, 0.3) is 0 Å². The third kappa shape index (κ3) is 5.82. The predicted molar refractivity (Wildman–Crippen MR) is 127 cm³/mol. The van der Waals surface area contributed by atoms with Gasteiger partial charge in [-0.3, -0.25) is 9.58 Å². The maximum Gasteiger partial charge on any atom is 0.202 e. The maximum absolute atomic E-state index is 13.2. The third-order valence-corrected chi connectivity index (χ3v) is 6.32. The van der Waals surface area contributed by atoms with Crippen molar-refractivity contribution in [2.45, 2.75) is 52.1 Å². The van der Waals surface area contributed by atoms with Crippen LogP contribution in [-0.4, -0.2) is 44.4 Å². The van der Waals surface area contributed by atoms with E-state index >= 15 is 0 Å². The van der Waals surface area contributed by atoms with Gasteiger partial charge in [-0.25, -0.2) is 9.37 Å². The largest absolute Gasteiger partial charge is 0.342 e. The molecule has 0 radical (unpaired) electrons. The molecular formula is C23H29Cl2FN6. The van der Waals surface area contributed by atoms with Gasteiger partial charge in [0.1, 0.15) is 5.82 Å². The molecule has 32 heavy (non-hydrogen) atoms. The first-order valence-corrected chi connectivity index (χ1v) is 11.9. The van der Waals surface area contributed by atoms with Crippen molar-refractivity contribution in [1.29, 1.82) is 0 Å². The van der Waals surface area contributed by atoms with Crippen LogP contribution >= 0.6 is 23.2 Å². The highest BCUT2D eigenvalue weighted by atomic mass is 35.5. The van der Waals surface area contributed by atoms with Gasteiger partial charge in [-0.2, -0.15) is 5.10 Å². The van der Waals surface area contributed by atoms with Crippen molar-refractivity contribution in [3.05, 3.63) is 63.5 Å². The number of aromatic nitrogens is 4.